The molecule has 4 heteroatoms. The molecule has 21 heavy (non-hydrogen) atoms. The normalized spacial score (nSPS) is 19.4. The van der Waals surface area contributed by atoms with E-state index in [-0.39, 0.29) is 11.3 Å². The van der Waals surface area contributed by atoms with Crippen LogP contribution in [-0.4, -0.2) is 26.2 Å². The Hall–Kier alpha value is -1.39. The van der Waals surface area contributed by atoms with Crippen LogP contribution in [-0.2, 0) is 15.1 Å². The molecule has 0 bridgehead atoms. The fourth-order valence-electron chi connectivity index (χ4n) is 2.88. The third kappa shape index (κ3) is 3.63. The highest BCUT2D eigenvalue weighted by atomic mass is 16.5. The van der Waals surface area contributed by atoms with Crippen LogP contribution >= 0.6 is 0 Å². The van der Waals surface area contributed by atoms with Crippen molar-refractivity contribution >= 4 is 5.91 Å². The Labute approximate surface area is 127 Å². The predicted octanol–water partition coefficient (Wildman–Crippen LogP) is 2.18. The van der Waals surface area contributed by atoms with Crippen LogP contribution in [0.1, 0.15) is 38.2 Å². The van der Waals surface area contributed by atoms with Gasteiger partial charge in [0.1, 0.15) is 5.54 Å². The van der Waals surface area contributed by atoms with Gasteiger partial charge in [0.15, 0.2) is 0 Å². The second-order valence-electron chi connectivity index (χ2n) is 6.35. The van der Waals surface area contributed by atoms with Crippen molar-refractivity contribution < 1.29 is 9.53 Å². The summed E-state index contributed by atoms with van der Waals surface area (Å²) in [6.07, 6.45) is 4.54. The van der Waals surface area contributed by atoms with E-state index in [0.29, 0.717) is 6.54 Å². The number of methoxy groups -OCH3 is 1. The van der Waals surface area contributed by atoms with E-state index in [1.165, 1.54) is 6.42 Å². The Kier molecular flexibility index (Phi) is 5.01. The molecule has 116 valence electrons. The van der Waals surface area contributed by atoms with Crippen LogP contribution in [0.15, 0.2) is 30.3 Å². The second-order valence-corrected chi connectivity index (χ2v) is 6.35. The van der Waals surface area contributed by atoms with Gasteiger partial charge in [-0.2, -0.15) is 0 Å². The van der Waals surface area contributed by atoms with Gasteiger partial charge < -0.3 is 15.8 Å². The maximum atomic E-state index is 12.5. The molecule has 4 nitrogen and oxygen atoms in total. The summed E-state index contributed by atoms with van der Waals surface area (Å²) in [6, 6.07) is 9.51. The fourth-order valence-corrected chi connectivity index (χ4v) is 2.88. The molecule has 0 saturated heterocycles. The molecule has 1 aromatic rings. The number of carbonyl (C=O) groups excluding carboxylic acids is 1. The summed E-state index contributed by atoms with van der Waals surface area (Å²) in [5.74, 6) is -0.114. The molecule has 0 spiro atoms. The molecule has 0 aromatic heterocycles. The van der Waals surface area contributed by atoms with Gasteiger partial charge in [0, 0.05) is 20.3 Å². The van der Waals surface area contributed by atoms with E-state index in [0.717, 1.165) is 31.4 Å². The summed E-state index contributed by atoms with van der Waals surface area (Å²) in [7, 11) is 1.72. The molecule has 0 heterocycles. The number of nitrogens with one attached hydrogen (secondary N) is 1. The highest BCUT2D eigenvalue weighted by molar-refractivity contribution is 5.87. The lowest BCUT2D eigenvalue weighted by atomic mass is 9.66. The number of rotatable bonds is 7. The van der Waals surface area contributed by atoms with Crippen molar-refractivity contribution in [2.24, 2.45) is 11.1 Å². The predicted molar refractivity (Wildman–Crippen MR) is 83.8 cm³/mol. The zero-order chi connectivity index (χ0) is 15.3. The average molecular weight is 290 g/mol. The number of hydrogen-bond donors (Lipinski definition) is 2. The molecule has 1 fully saturated rings. The molecular weight excluding hydrogens is 264 g/mol. The summed E-state index contributed by atoms with van der Waals surface area (Å²) < 4.78 is 5.18. The zero-order valence-corrected chi connectivity index (χ0v) is 13.0. The summed E-state index contributed by atoms with van der Waals surface area (Å²) in [6.45, 7) is 3.20. The second kappa shape index (κ2) is 6.58. The van der Waals surface area contributed by atoms with E-state index in [9.17, 15) is 4.79 Å². The molecule has 1 atom stereocenters. The van der Waals surface area contributed by atoms with Crippen LogP contribution < -0.4 is 11.1 Å². The molecule has 1 aliphatic rings. The van der Waals surface area contributed by atoms with Crippen molar-refractivity contribution in [3.05, 3.63) is 35.9 Å². The molecule has 3 N–H and O–H groups in total. The van der Waals surface area contributed by atoms with Gasteiger partial charge >= 0.3 is 0 Å². The summed E-state index contributed by atoms with van der Waals surface area (Å²) >= 11 is 0. The van der Waals surface area contributed by atoms with Crippen molar-refractivity contribution in [1.29, 1.82) is 0 Å². The van der Waals surface area contributed by atoms with Gasteiger partial charge in [-0.15, -0.1) is 0 Å². The Balaban J connectivity index is 1.95. The maximum Gasteiger partial charge on any atom is 0.244 e. The molecule has 1 saturated carbocycles. The number of carbonyl (C=O) groups is 1. The zero-order valence-electron chi connectivity index (χ0n) is 13.0. The standard InChI is InChI=1S/C17H26N2O2/c1-16(18,14-7-4-3-5-8-14)15(20)19-13-17(9-6-10-17)11-12-21-2/h3-5,7-8H,6,9-13,18H2,1-2H3,(H,19,20). The van der Waals surface area contributed by atoms with Crippen LogP contribution in [0.3, 0.4) is 0 Å². The van der Waals surface area contributed by atoms with Gasteiger partial charge in [-0.1, -0.05) is 36.8 Å². The third-order valence-corrected chi connectivity index (χ3v) is 4.72. The monoisotopic (exact) mass is 290 g/mol. The molecule has 0 radical (unpaired) electrons. The van der Waals surface area contributed by atoms with E-state index >= 15 is 0 Å². The number of nitrogens with two attached hydrogens (primary N) is 1. The quantitative estimate of drug-likeness (QED) is 0.809. The first-order valence-corrected chi connectivity index (χ1v) is 7.62. The summed E-state index contributed by atoms with van der Waals surface area (Å²) in [5.41, 5.74) is 6.28. The van der Waals surface area contributed by atoms with Gasteiger partial charge in [0.25, 0.3) is 0 Å². The lowest BCUT2D eigenvalue weighted by molar-refractivity contribution is -0.127. The lowest BCUT2D eigenvalue weighted by Gasteiger charge is -2.42. The van der Waals surface area contributed by atoms with Crippen molar-refractivity contribution in [1.82, 2.24) is 5.32 Å². The Morgan fingerprint density at radius 1 is 1.38 bits per heavy atom. The highest BCUT2D eigenvalue weighted by Gasteiger charge is 2.38. The van der Waals surface area contributed by atoms with Crippen molar-refractivity contribution in [2.45, 2.75) is 38.1 Å². The van der Waals surface area contributed by atoms with Crippen LogP contribution in [0, 0.1) is 5.41 Å². The number of ether oxygens (including phenoxy) is 1. The van der Waals surface area contributed by atoms with Crippen LogP contribution in [0.2, 0.25) is 0 Å². The highest BCUT2D eigenvalue weighted by Crippen LogP contribution is 2.43. The molecule has 1 unspecified atom stereocenters. The minimum atomic E-state index is -0.993. The maximum absolute atomic E-state index is 12.5. The van der Waals surface area contributed by atoms with Gasteiger partial charge in [0.2, 0.25) is 5.91 Å². The Bertz CT molecular complexity index is 467. The van der Waals surface area contributed by atoms with E-state index < -0.39 is 5.54 Å². The molecule has 1 aliphatic carbocycles. The van der Waals surface area contributed by atoms with Crippen molar-refractivity contribution in [2.75, 3.05) is 20.3 Å². The minimum absolute atomic E-state index is 0.114. The molecule has 1 amide bonds. The van der Waals surface area contributed by atoms with Crippen LogP contribution in [0.4, 0.5) is 0 Å². The molecule has 2 rings (SSSR count). The van der Waals surface area contributed by atoms with Crippen molar-refractivity contribution in [3.63, 3.8) is 0 Å². The van der Waals surface area contributed by atoms with E-state index in [4.69, 9.17) is 10.5 Å². The van der Waals surface area contributed by atoms with E-state index in [1.807, 2.05) is 30.3 Å². The summed E-state index contributed by atoms with van der Waals surface area (Å²) in [4.78, 5) is 12.5. The van der Waals surface area contributed by atoms with E-state index in [1.54, 1.807) is 14.0 Å². The third-order valence-electron chi connectivity index (χ3n) is 4.72. The van der Waals surface area contributed by atoms with Gasteiger partial charge in [-0.25, -0.2) is 0 Å². The lowest BCUT2D eigenvalue weighted by Crippen LogP contribution is -2.52. The fraction of sp³-hybridized carbons (Fsp3) is 0.588. The topological polar surface area (TPSA) is 64.3 Å². The van der Waals surface area contributed by atoms with Gasteiger partial charge in [-0.05, 0) is 37.2 Å². The van der Waals surface area contributed by atoms with Gasteiger partial charge in [0.05, 0.1) is 0 Å². The number of benzene rings is 1. The first kappa shape index (κ1) is 16.0. The molecular formula is C17H26N2O2. The largest absolute Gasteiger partial charge is 0.385 e. The Morgan fingerprint density at radius 3 is 2.57 bits per heavy atom. The van der Waals surface area contributed by atoms with E-state index in [2.05, 4.69) is 5.32 Å². The van der Waals surface area contributed by atoms with Crippen molar-refractivity contribution in [3.8, 4) is 0 Å². The summed E-state index contributed by atoms with van der Waals surface area (Å²) in [5, 5.41) is 3.05. The molecule has 0 aliphatic heterocycles. The Morgan fingerprint density at radius 2 is 2.05 bits per heavy atom. The van der Waals surface area contributed by atoms with Gasteiger partial charge in [-0.3, -0.25) is 4.79 Å². The van der Waals surface area contributed by atoms with Crippen LogP contribution in [0.5, 0.6) is 0 Å². The minimum Gasteiger partial charge on any atom is -0.385 e. The SMILES string of the molecule is COCCC1(CNC(=O)C(C)(N)c2ccccc2)CCC1. The average Bonchev–Trinajstić information content (AvgIpc) is 2.46. The number of hydrogen-bond acceptors (Lipinski definition) is 3. The smallest absolute Gasteiger partial charge is 0.244 e. The number of amides is 1. The first-order valence-electron chi connectivity index (χ1n) is 7.62. The molecule has 1 aromatic carbocycles. The first-order chi connectivity index (χ1) is 10.0. The van der Waals surface area contributed by atoms with Crippen LogP contribution in [0.25, 0.3) is 0 Å².